The number of nitrogens with two attached hydrogens (primary N) is 1. The van der Waals surface area contributed by atoms with Crippen molar-refractivity contribution >= 4 is 0 Å². The van der Waals surface area contributed by atoms with Crippen LogP contribution in [0, 0.1) is 5.92 Å². The molecule has 1 aromatic carbocycles. The molecule has 1 aromatic rings. The Bertz CT molecular complexity index is 435. The van der Waals surface area contributed by atoms with Gasteiger partial charge in [0.1, 0.15) is 0 Å². The first-order chi connectivity index (χ1) is 9.64. The highest BCUT2D eigenvalue weighted by Gasteiger charge is 2.42. The smallest absolute Gasteiger partial charge is 0.0412 e. The Balaban J connectivity index is 1.77. The van der Waals surface area contributed by atoms with Gasteiger partial charge in [-0.05, 0) is 62.6 Å². The van der Waals surface area contributed by atoms with Crippen LogP contribution in [-0.2, 0) is 12.8 Å². The van der Waals surface area contributed by atoms with Crippen molar-refractivity contribution in [2.75, 3.05) is 13.6 Å². The summed E-state index contributed by atoms with van der Waals surface area (Å²) in [5, 5.41) is 0. The number of rotatable bonds is 3. The van der Waals surface area contributed by atoms with Crippen LogP contribution >= 0.6 is 0 Å². The average molecular weight is 272 g/mol. The molecule has 0 unspecified atom stereocenters. The molecule has 0 heterocycles. The van der Waals surface area contributed by atoms with Crippen LogP contribution in [0.25, 0.3) is 0 Å². The molecule has 0 spiro atoms. The molecule has 2 heteroatoms. The topological polar surface area (TPSA) is 29.3 Å². The van der Waals surface area contributed by atoms with E-state index in [9.17, 15) is 0 Å². The largest absolute Gasteiger partial charge is 0.329 e. The summed E-state index contributed by atoms with van der Waals surface area (Å²) in [7, 11) is 2.32. The Hall–Kier alpha value is -0.860. The van der Waals surface area contributed by atoms with Crippen molar-refractivity contribution in [3.05, 3.63) is 35.4 Å². The summed E-state index contributed by atoms with van der Waals surface area (Å²) in [6.07, 6.45) is 7.70. The highest BCUT2D eigenvalue weighted by molar-refractivity contribution is 5.36. The standard InChI is InChI=1S/C18H28N2/c1-14-7-9-17(10-8-14)20(2)18(13-19)11-15-5-3-4-6-16(15)12-18/h3-6,14,17H,7-13,19H2,1-2H3. The van der Waals surface area contributed by atoms with Gasteiger partial charge in [-0.1, -0.05) is 31.2 Å². The molecule has 0 saturated heterocycles. The molecule has 0 bridgehead atoms. The molecule has 2 aliphatic rings. The van der Waals surface area contributed by atoms with Crippen molar-refractivity contribution in [2.45, 2.75) is 57.0 Å². The second kappa shape index (κ2) is 5.50. The lowest BCUT2D eigenvalue weighted by atomic mass is 9.83. The monoisotopic (exact) mass is 272 g/mol. The molecule has 0 aromatic heterocycles. The van der Waals surface area contributed by atoms with Gasteiger partial charge in [0, 0.05) is 18.1 Å². The molecule has 1 saturated carbocycles. The fourth-order valence-corrected chi connectivity index (χ4v) is 4.23. The highest BCUT2D eigenvalue weighted by Crippen LogP contribution is 2.37. The summed E-state index contributed by atoms with van der Waals surface area (Å²) in [6.45, 7) is 3.16. The van der Waals surface area contributed by atoms with Crippen LogP contribution in [0.2, 0.25) is 0 Å². The minimum atomic E-state index is 0.162. The Morgan fingerprint density at radius 3 is 2.15 bits per heavy atom. The van der Waals surface area contributed by atoms with E-state index in [1.807, 2.05) is 0 Å². The summed E-state index contributed by atoms with van der Waals surface area (Å²) in [4.78, 5) is 2.64. The Morgan fingerprint density at radius 1 is 1.10 bits per heavy atom. The van der Waals surface area contributed by atoms with Crippen LogP contribution in [0.3, 0.4) is 0 Å². The third kappa shape index (κ3) is 2.40. The average Bonchev–Trinajstić information content (AvgIpc) is 2.87. The van der Waals surface area contributed by atoms with Crippen LogP contribution in [-0.4, -0.2) is 30.1 Å². The molecule has 20 heavy (non-hydrogen) atoms. The van der Waals surface area contributed by atoms with Crippen molar-refractivity contribution < 1.29 is 0 Å². The number of nitrogens with zero attached hydrogens (tertiary/aromatic N) is 1. The van der Waals surface area contributed by atoms with E-state index in [4.69, 9.17) is 5.73 Å². The Morgan fingerprint density at radius 2 is 1.65 bits per heavy atom. The first-order valence-corrected chi connectivity index (χ1v) is 8.14. The van der Waals surface area contributed by atoms with Gasteiger partial charge in [0.15, 0.2) is 0 Å². The van der Waals surface area contributed by atoms with Crippen LogP contribution in [0.4, 0.5) is 0 Å². The first kappa shape index (κ1) is 14.1. The summed E-state index contributed by atoms with van der Waals surface area (Å²) in [5.41, 5.74) is 9.42. The molecule has 0 aliphatic heterocycles. The minimum Gasteiger partial charge on any atom is -0.329 e. The minimum absolute atomic E-state index is 0.162. The van der Waals surface area contributed by atoms with E-state index in [1.165, 1.54) is 36.8 Å². The summed E-state index contributed by atoms with van der Waals surface area (Å²) in [6, 6.07) is 9.61. The number of benzene rings is 1. The lowest BCUT2D eigenvalue weighted by Crippen LogP contribution is -2.57. The maximum Gasteiger partial charge on any atom is 0.0412 e. The Kier molecular flexibility index (Phi) is 3.87. The van der Waals surface area contributed by atoms with Gasteiger partial charge in [-0.15, -0.1) is 0 Å². The second-order valence-corrected chi connectivity index (χ2v) is 7.08. The quantitative estimate of drug-likeness (QED) is 0.916. The van der Waals surface area contributed by atoms with Crippen molar-refractivity contribution in [1.29, 1.82) is 0 Å². The maximum absolute atomic E-state index is 6.24. The van der Waals surface area contributed by atoms with E-state index in [0.717, 1.165) is 31.3 Å². The van der Waals surface area contributed by atoms with Gasteiger partial charge < -0.3 is 5.73 Å². The summed E-state index contributed by atoms with van der Waals surface area (Å²) >= 11 is 0. The van der Waals surface area contributed by atoms with Gasteiger partial charge in [-0.3, -0.25) is 4.90 Å². The molecule has 3 rings (SSSR count). The van der Waals surface area contributed by atoms with E-state index < -0.39 is 0 Å². The van der Waals surface area contributed by atoms with Gasteiger partial charge in [-0.2, -0.15) is 0 Å². The molecule has 0 radical (unpaired) electrons. The van der Waals surface area contributed by atoms with E-state index in [1.54, 1.807) is 0 Å². The van der Waals surface area contributed by atoms with E-state index >= 15 is 0 Å². The SMILES string of the molecule is CC1CCC(N(C)C2(CN)Cc3ccccc3C2)CC1. The molecule has 1 fully saturated rings. The van der Waals surface area contributed by atoms with E-state index in [0.29, 0.717) is 0 Å². The molecule has 0 atom stereocenters. The van der Waals surface area contributed by atoms with E-state index in [2.05, 4.69) is 43.1 Å². The van der Waals surface area contributed by atoms with Gasteiger partial charge in [-0.25, -0.2) is 0 Å². The molecule has 110 valence electrons. The summed E-state index contributed by atoms with van der Waals surface area (Å²) in [5.74, 6) is 0.911. The zero-order chi connectivity index (χ0) is 14.2. The molecule has 0 amide bonds. The first-order valence-electron chi connectivity index (χ1n) is 8.14. The van der Waals surface area contributed by atoms with Crippen LogP contribution in [0.15, 0.2) is 24.3 Å². The molecule has 2 nitrogen and oxygen atoms in total. The predicted octanol–water partition coefficient (Wildman–Crippen LogP) is 2.99. The third-order valence-corrected chi connectivity index (χ3v) is 5.82. The van der Waals surface area contributed by atoms with E-state index in [-0.39, 0.29) is 5.54 Å². The van der Waals surface area contributed by atoms with Gasteiger partial charge >= 0.3 is 0 Å². The van der Waals surface area contributed by atoms with Crippen LogP contribution in [0.1, 0.15) is 43.7 Å². The van der Waals surface area contributed by atoms with Crippen molar-refractivity contribution in [2.24, 2.45) is 11.7 Å². The summed E-state index contributed by atoms with van der Waals surface area (Å²) < 4.78 is 0. The fraction of sp³-hybridized carbons (Fsp3) is 0.667. The Labute approximate surface area is 123 Å². The lowest BCUT2D eigenvalue weighted by molar-refractivity contribution is 0.0567. The van der Waals surface area contributed by atoms with Crippen molar-refractivity contribution in [3.63, 3.8) is 0 Å². The van der Waals surface area contributed by atoms with Gasteiger partial charge in [0.25, 0.3) is 0 Å². The number of fused-ring (bicyclic) bond motifs is 1. The fourth-order valence-electron chi connectivity index (χ4n) is 4.23. The number of hydrogen-bond donors (Lipinski definition) is 1. The number of hydrogen-bond acceptors (Lipinski definition) is 2. The van der Waals surface area contributed by atoms with Crippen molar-refractivity contribution in [1.82, 2.24) is 4.90 Å². The maximum atomic E-state index is 6.24. The van der Waals surface area contributed by atoms with Gasteiger partial charge in [0.05, 0.1) is 0 Å². The molecule has 2 aliphatic carbocycles. The predicted molar refractivity (Wildman–Crippen MR) is 84.8 cm³/mol. The number of likely N-dealkylation sites (N-methyl/N-ethyl adjacent to an activating group) is 1. The zero-order valence-electron chi connectivity index (χ0n) is 12.9. The van der Waals surface area contributed by atoms with Crippen LogP contribution in [0.5, 0.6) is 0 Å². The lowest BCUT2D eigenvalue weighted by Gasteiger charge is -2.45. The molecular formula is C18H28N2. The molecular weight excluding hydrogens is 244 g/mol. The second-order valence-electron chi connectivity index (χ2n) is 7.08. The highest BCUT2D eigenvalue weighted by atomic mass is 15.2. The normalized spacial score (nSPS) is 28.6. The molecule has 2 N–H and O–H groups in total. The zero-order valence-corrected chi connectivity index (χ0v) is 12.9. The van der Waals surface area contributed by atoms with Crippen molar-refractivity contribution in [3.8, 4) is 0 Å². The van der Waals surface area contributed by atoms with Gasteiger partial charge in [0.2, 0.25) is 0 Å². The van der Waals surface area contributed by atoms with Crippen LogP contribution < -0.4 is 5.73 Å². The third-order valence-electron chi connectivity index (χ3n) is 5.82.